The Hall–Kier alpha value is -1.85. The van der Waals surface area contributed by atoms with Crippen LogP contribution in [0.1, 0.15) is 24.8 Å². The van der Waals surface area contributed by atoms with Crippen molar-refractivity contribution in [3.8, 4) is 11.5 Å². The summed E-state index contributed by atoms with van der Waals surface area (Å²) in [5, 5.41) is 0. The van der Waals surface area contributed by atoms with E-state index in [0.29, 0.717) is 0 Å². The van der Waals surface area contributed by atoms with Crippen LogP contribution in [0.2, 0.25) is 0 Å². The number of hydrogen-bond acceptors (Lipinski definition) is 5. The van der Waals surface area contributed by atoms with Crippen LogP contribution in [0.25, 0.3) is 0 Å². The lowest BCUT2D eigenvalue weighted by Crippen LogP contribution is -2.46. The topological polar surface area (TPSA) is 24.9 Å². The first-order chi connectivity index (χ1) is 14.3. The number of anilines is 1. The van der Waals surface area contributed by atoms with Gasteiger partial charge in [-0.2, -0.15) is 0 Å². The molecule has 156 valence electrons. The van der Waals surface area contributed by atoms with E-state index in [1.807, 2.05) is 23.9 Å². The molecule has 0 aliphatic carbocycles. The first-order valence-corrected chi connectivity index (χ1v) is 11.8. The molecular weight excluding hydrogens is 380 g/mol. The summed E-state index contributed by atoms with van der Waals surface area (Å²) in [6.07, 6.45) is 4.81. The summed E-state index contributed by atoms with van der Waals surface area (Å²) in [6.45, 7) is 6.31. The van der Waals surface area contributed by atoms with E-state index in [1.165, 1.54) is 41.2 Å². The number of unbranched alkanes of at least 4 members (excludes halogenated alkanes) is 1. The summed E-state index contributed by atoms with van der Waals surface area (Å²) in [4.78, 5) is 6.43. The quantitative estimate of drug-likeness (QED) is 0.585. The molecule has 2 aliphatic heterocycles. The van der Waals surface area contributed by atoms with Gasteiger partial charge in [0.15, 0.2) is 0 Å². The molecular formula is C24H32N2O2S. The van der Waals surface area contributed by atoms with Crippen LogP contribution in [-0.4, -0.2) is 57.1 Å². The van der Waals surface area contributed by atoms with E-state index in [2.05, 4.69) is 40.1 Å². The van der Waals surface area contributed by atoms with Crippen molar-refractivity contribution < 1.29 is 9.47 Å². The fourth-order valence-corrected chi connectivity index (χ4v) is 5.20. The van der Waals surface area contributed by atoms with Gasteiger partial charge in [0.2, 0.25) is 0 Å². The normalized spacial score (nSPS) is 17.1. The van der Waals surface area contributed by atoms with E-state index >= 15 is 0 Å². The molecule has 4 rings (SSSR count). The maximum Gasteiger partial charge on any atom is 0.142 e. The van der Waals surface area contributed by atoms with Crippen LogP contribution in [0.15, 0.2) is 47.4 Å². The molecule has 0 bridgehead atoms. The zero-order chi connectivity index (χ0) is 19.9. The van der Waals surface area contributed by atoms with Crippen LogP contribution in [0.4, 0.5) is 5.69 Å². The van der Waals surface area contributed by atoms with E-state index in [0.717, 1.165) is 57.3 Å². The van der Waals surface area contributed by atoms with Gasteiger partial charge in [-0.25, -0.2) is 0 Å². The number of piperazine rings is 1. The minimum Gasteiger partial charge on any atom is -0.495 e. The number of fused-ring (bicyclic) bond motifs is 1. The zero-order valence-electron chi connectivity index (χ0n) is 17.4. The highest BCUT2D eigenvalue weighted by Crippen LogP contribution is 2.33. The predicted octanol–water partition coefficient (Wildman–Crippen LogP) is 4.71. The standard InChI is InChI=1S/C24H32N2O2S/c1-27-23-9-3-2-8-22(23)26-15-13-25(14-16-26)12-4-5-17-28-21-11-10-20-7-6-18-29-24(20)19-21/h2-3,8-11,19H,4-7,12-18H2,1H3. The molecule has 1 fully saturated rings. The van der Waals surface area contributed by atoms with Crippen molar-refractivity contribution in [1.29, 1.82) is 0 Å². The monoisotopic (exact) mass is 412 g/mol. The maximum atomic E-state index is 6.01. The molecule has 4 nitrogen and oxygen atoms in total. The first-order valence-electron chi connectivity index (χ1n) is 10.8. The SMILES string of the molecule is COc1ccccc1N1CCN(CCCCOc2ccc3c(c2)SCCC3)CC1. The third-order valence-corrected chi connectivity index (χ3v) is 7.01. The number of aryl methyl sites for hydroxylation is 1. The molecule has 2 aromatic rings. The van der Waals surface area contributed by atoms with Gasteiger partial charge in [0, 0.05) is 31.1 Å². The lowest BCUT2D eigenvalue weighted by molar-refractivity contribution is 0.238. The molecule has 1 saturated heterocycles. The van der Waals surface area contributed by atoms with Crippen molar-refractivity contribution in [1.82, 2.24) is 4.90 Å². The van der Waals surface area contributed by atoms with Gasteiger partial charge in [-0.05, 0) is 67.8 Å². The summed E-state index contributed by atoms with van der Waals surface area (Å²) >= 11 is 1.97. The van der Waals surface area contributed by atoms with Gasteiger partial charge in [0.25, 0.3) is 0 Å². The largest absolute Gasteiger partial charge is 0.495 e. The number of ether oxygens (including phenoxy) is 2. The fraction of sp³-hybridized carbons (Fsp3) is 0.500. The molecule has 2 aromatic carbocycles. The van der Waals surface area contributed by atoms with E-state index in [1.54, 1.807) is 7.11 Å². The molecule has 5 heteroatoms. The third-order valence-electron chi connectivity index (χ3n) is 5.82. The van der Waals surface area contributed by atoms with Crippen LogP contribution in [0, 0.1) is 0 Å². The summed E-state index contributed by atoms with van der Waals surface area (Å²) in [5.41, 5.74) is 2.70. The number of methoxy groups -OCH3 is 1. The average molecular weight is 413 g/mol. The number of hydrogen-bond donors (Lipinski definition) is 0. The minimum atomic E-state index is 0.810. The van der Waals surface area contributed by atoms with Crippen LogP contribution in [-0.2, 0) is 6.42 Å². The van der Waals surface area contributed by atoms with Crippen LogP contribution in [0.3, 0.4) is 0 Å². The smallest absolute Gasteiger partial charge is 0.142 e. The fourth-order valence-electron chi connectivity index (χ4n) is 4.14. The number of nitrogens with zero attached hydrogens (tertiary/aromatic N) is 2. The van der Waals surface area contributed by atoms with Crippen LogP contribution >= 0.6 is 11.8 Å². The summed E-state index contributed by atoms with van der Waals surface area (Å²) in [6, 6.07) is 14.9. The van der Waals surface area contributed by atoms with Gasteiger partial charge in [-0.1, -0.05) is 18.2 Å². The average Bonchev–Trinajstić information content (AvgIpc) is 2.79. The molecule has 0 atom stereocenters. The Bertz CT molecular complexity index is 790. The third kappa shape index (κ3) is 5.40. The Morgan fingerprint density at radius 3 is 2.72 bits per heavy atom. The van der Waals surface area contributed by atoms with Crippen molar-refractivity contribution in [2.45, 2.75) is 30.6 Å². The number of rotatable bonds is 8. The Morgan fingerprint density at radius 1 is 1.00 bits per heavy atom. The van der Waals surface area contributed by atoms with Crippen LogP contribution in [0.5, 0.6) is 11.5 Å². The zero-order valence-corrected chi connectivity index (χ0v) is 18.3. The molecule has 0 aromatic heterocycles. The van der Waals surface area contributed by atoms with Gasteiger partial charge in [0.05, 0.1) is 19.4 Å². The second-order valence-corrected chi connectivity index (χ2v) is 8.91. The van der Waals surface area contributed by atoms with Gasteiger partial charge >= 0.3 is 0 Å². The number of para-hydroxylation sites is 2. The Labute approximate surface area is 179 Å². The van der Waals surface area contributed by atoms with Gasteiger partial charge in [-0.15, -0.1) is 11.8 Å². The summed E-state index contributed by atoms with van der Waals surface area (Å²) in [5.74, 6) is 3.24. The molecule has 0 saturated carbocycles. The minimum absolute atomic E-state index is 0.810. The summed E-state index contributed by atoms with van der Waals surface area (Å²) < 4.78 is 11.5. The Morgan fingerprint density at radius 2 is 1.86 bits per heavy atom. The lowest BCUT2D eigenvalue weighted by Gasteiger charge is -2.36. The second-order valence-electron chi connectivity index (χ2n) is 7.78. The van der Waals surface area contributed by atoms with E-state index < -0.39 is 0 Å². The molecule has 2 aliphatic rings. The van der Waals surface area contributed by atoms with E-state index in [-0.39, 0.29) is 0 Å². The number of benzene rings is 2. The van der Waals surface area contributed by atoms with Crippen molar-refractivity contribution in [2.75, 3.05) is 57.1 Å². The molecule has 2 heterocycles. The molecule has 0 unspecified atom stereocenters. The van der Waals surface area contributed by atoms with Gasteiger partial charge < -0.3 is 14.4 Å². The van der Waals surface area contributed by atoms with Crippen molar-refractivity contribution in [2.24, 2.45) is 0 Å². The molecule has 0 radical (unpaired) electrons. The van der Waals surface area contributed by atoms with E-state index in [4.69, 9.17) is 9.47 Å². The van der Waals surface area contributed by atoms with Gasteiger partial charge in [0.1, 0.15) is 11.5 Å². The van der Waals surface area contributed by atoms with Gasteiger partial charge in [-0.3, -0.25) is 4.90 Å². The highest BCUT2D eigenvalue weighted by molar-refractivity contribution is 7.99. The molecule has 29 heavy (non-hydrogen) atoms. The van der Waals surface area contributed by atoms with Crippen molar-refractivity contribution in [3.05, 3.63) is 48.0 Å². The Kier molecular flexibility index (Phi) is 7.23. The second kappa shape index (κ2) is 10.3. The first kappa shape index (κ1) is 20.4. The molecule has 0 N–H and O–H groups in total. The lowest BCUT2D eigenvalue weighted by atomic mass is 10.1. The van der Waals surface area contributed by atoms with E-state index in [9.17, 15) is 0 Å². The Balaban J connectivity index is 1.14. The van der Waals surface area contributed by atoms with Crippen molar-refractivity contribution >= 4 is 17.4 Å². The highest BCUT2D eigenvalue weighted by Gasteiger charge is 2.19. The van der Waals surface area contributed by atoms with Crippen molar-refractivity contribution in [3.63, 3.8) is 0 Å². The van der Waals surface area contributed by atoms with Crippen LogP contribution < -0.4 is 14.4 Å². The number of thioether (sulfide) groups is 1. The predicted molar refractivity (Wildman–Crippen MR) is 122 cm³/mol. The maximum absolute atomic E-state index is 6.01. The summed E-state index contributed by atoms with van der Waals surface area (Å²) in [7, 11) is 1.75. The molecule has 0 spiro atoms. The highest BCUT2D eigenvalue weighted by atomic mass is 32.2. The molecule has 0 amide bonds.